The van der Waals surface area contributed by atoms with E-state index in [1.807, 2.05) is 103 Å². The third-order valence-corrected chi connectivity index (χ3v) is 19.6. The zero-order valence-electron chi connectivity index (χ0n) is 47.2. The summed E-state index contributed by atoms with van der Waals surface area (Å²) in [5.41, 5.74) is 3.38. The van der Waals surface area contributed by atoms with Gasteiger partial charge in [0.2, 0.25) is 0 Å². The Kier molecular flexibility index (Phi) is 19.8. The van der Waals surface area contributed by atoms with E-state index >= 15 is 0 Å². The van der Waals surface area contributed by atoms with E-state index in [2.05, 4.69) is 46.8 Å². The normalized spacial score (nSPS) is 29.3. The van der Waals surface area contributed by atoms with Gasteiger partial charge in [-0.15, -0.1) is 34.8 Å². The zero-order chi connectivity index (χ0) is 56.7. The summed E-state index contributed by atoms with van der Waals surface area (Å²) in [5.74, 6) is -4.17. The molecule has 2 saturated carbocycles. The van der Waals surface area contributed by atoms with E-state index < -0.39 is 63.6 Å². The monoisotopic (exact) mass is 1150 g/mol. The summed E-state index contributed by atoms with van der Waals surface area (Å²) >= 11 is 20.6. The lowest BCUT2D eigenvalue weighted by molar-refractivity contribution is -0.165. The van der Waals surface area contributed by atoms with Crippen molar-refractivity contribution >= 4 is 58.7 Å². The summed E-state index contributed by atoms with van der Waals surface area (Å²) in [6.07, 6.45) is 9.20. The van der Waals surface area contributed by atoms with Gasteiger partial charge >= 0.3 is 23.9 Å². The van der Waals surface area contributed by atoms with Crippen molar-refractivity contribution in [3.63, 3.8) is 0 Å². The maximum atomic E-state index is 14.1. The van der Waals surface area contributed by atoms with Crippen molar-refractivity contribution < 1.29 is 52.3 Å². The Balaban J connectivity index is 0.807. The number of halogens is 3. The summed E-state index contributed by atoms with van der Waals surface area (Å²) in [5, 5.41) is -0.248. The number of fused-ring (bicyclic) bond motifs is 1. The SMILES string of the molecule is CC(C)C(Cl)CCC(C)(Cl)CCCC1CC(C(=O)OCc2ccccc2)C(C(=O)OCc2ccc(CC3(CCC4OC4(C)C)OC3CCC34CC(C(=O)OCc5ccccc5)C(C(=O)OCc5ccccc5)CC3O4)cc2)CC1Cl. The standard InChI is InChI=1S/C66H81Cl3O11/c1-43(2)54(67)27-31-64(5,69)30-15-22-49-34-50(59(70)74-39-45-16-9-6-10-17-45)51(35-55(49)68)60(71)76-42-48-25-23-44(24-26-48)37-65(32-28-56-63(3,4)78-56)57(79-65)29-33-66-38-53(62(73)77-41-47-20-13-8-14-21-47)52(36-58(66)80-66)61(72)75-40-46-18-11-7-12-19-46/h6-14,16-21,23-26,43,49-58H,15,22,27-42H2,1-5H3. The van der Waals surface area contributed by atoms with Crippen molar-refractivity contribution in [1.29, 1.82) is 0 Å². The molecule has 9 rings (SSSR count). The third-order valence-electron chi connectivity index (χ3n) is 17.9. The lowest BCUT2D eigenvalue weighted by atomic mass is 9.72. The first-order valence-corrected chi connectivity index (χ1v) is 30.4. The average Bonchev–Trinajstić information content (AvgIpc) is 4.59. The molecule has 4 aromatic rings. The number of alkyl halides is 3. The maximum Gasteiger partial charge on any atom is 0.310 e. The quantitative estimate of drug-likeness (QED) is 0.0232. The van der Waals surface area contributed by atoms with Gasteiger partial charge in [0.15, 0.2) is 0 Å². The highest BCUT2D eigenvalue weighted by molar-refractivity contribution is 6.24. The van der Waals surface area contributed by atoms with E-state index in [4.69, 9.17) is 68.0 Å². The number of carbonyl (C=O) groups excluding carboxylic acids is 4. The Morgan fingerprint density at radius 1 is 0.588 bits per heavy atom. The molecule has 13 atom stereocenters. The van der Waals surface area contributed by atoms with Gasteiger partial charge in [0.1, 0.15) is 26.4 Å². The fourth-order valence-electron chi connectivity index (χ4n) is 12.5. The molecular formula is C66H81Cl3O11. The predicted octanol–water partition coefficient (Wildman–Crippen LogP) is 14.0. The van der Waals surface area contributed by atoms with Crippen LogP contribution in [0.2, 0.25) is 0 Å². The molecule has 5 fully saturated rings. The summed E-state index contributed by atoms with van der Waals surface area (Å²) in [6, 6.07) is 36.7. The van der Waals surface area contributed by atoms with Gasteiger partial charge in [-0.2, -0.15) is 0 Å². The summed E-state index contributed by atoms with van der Waals surface area (Å²) in [6.45, 7) is 10.9. The number of hydrogen-bond acceptors (Lipinski definition) is 11. The van der Waals surface area contributed by atoms with Gasteiger partial charge in [-0.1, -0.05) is 136 Å². The van der Waals surface area contributed by atoms with Crippen molar-refractivity contribution in [1.82, 2.24) is 0 Å². The first-order valence-electron chi connectivity index (χ1n) is 29.2. The molecule has 0 aromatic heterocycles. The van der Waals surface area contributed by atoms with Gasteiger partial charge in [0.05, 0.1) is 58.8 Å². The van der Waals surface area contributed by atoms with E-state index in [1.165, 1.54) is 0 Å². The minimum Gasteiger partial charge on any atom is -0.461 e. The second-order valence-corrected chi connectivity index (χ2v) is 26.8. The molecule has 3 heterocycles. The second kappa shape index (κ2) is 26.4. The van der Waals surface area contributed by atoms with Crippen molar-refractivity contribution in [3.05, 3.63) is 143 Å². The highest BCUT2D eigenvalue weighted by Crippen LogP contribution is 2.58. The zero-order valence-corrected chi connectivity index (χ0v) is 49.4. The lowest BCUT2D eigenvalue weighted by Crippen LogP contribution is -2.42. The first kappa shape index (κ1) is 60.1. The largest absolute Gasteiger partial charge is 0.461 e. The smallest absolute Gasteiger partial charge is 0.310 e. The van der Waals surface area contributed by atoms with Gasteiger partial charge < -0.3 is 33.2 Å². The molecule has 13 unspecified atom stereocenters. The number of carbonyl (C=O) groups is 4. The molecule has 0 N–H and O–H groups in total. The highest BCUT2D eigenvalue weighted by atomic mass is 35.5. The molecular weight excluding hydrogens is 1080 g/mol. The summed E-state index contributed by atoms with van der Waals surface area (Å²) in [4.78, 5) is 55.3. The first-order chi connectivity index (χ1) is 38.3. The molecule has 0 amide bonds. The van der Waals surface area contributed by atoms with Crippen LogP contribution in [0, 0.1) is 35.5 Å². The Hall–Kier alpha value is -4.49. The molecule has 3 aliphatic heterocycles. The minimum absolute atomic E-state index is 0.00300. The maximum absolute atomic E-state index is 14.1. The van der Waals surface area contributed by atoms with Crippen LogP contribution in [0.5, 0.6) is 0 Å². The third kappa shape index (κ3) is 16.0. The van der Waals surface area contributed by atoms with Gasteiger partial charge in [0.25, 0.3) is 0 Å². The fraction of sp³-hybridized carbons (Fsp3) is 0.576. The van der Waals surface area contributed by atoms with Crippen molar-refractivity contribution in [3.8, 4) is 0 Å². The van der Waals surface area contributed by atoms with Crippen molar-refractivity contribution in [2.24, 2.45) is 35.5 Å². The Morgan fingerprint density at radius 2 is 1.05 bits per heavy atom. The van der Waals surface area contributed by atoms with E-state index in [-0.39, 0.29) is 67.0 Å². The Morgan fingerprint density at radius 3 is 1.56 bits per heavy atom. The molecule has 5 aliphatic rings. The molecule has 0 radical (unpaired) electrons. The van der Waals surface area contributed by atoms with E-state index in [9.17, 15) is 19.2 Å². The van der Waals surface area contributed by atoms with Crippen LogP contribution in [-0.4, -0.2) is 74.6 Å². The molecule has 0 bridgehead atoms. The van der Waals surface area contributed by atoms with Crippen LogP contribution in [0.15, 0.2) is 115 Å². The van der Waals surface area contributed by atoms with Gasteiger partial charge in [-0.25, -0.2) is 0 Å². The number of rotatable bonds is 28. The average molecular weight is 1160 g/mol. The number of epoxide rings is 3. The Labute approximate surface area is 488 Å². The molecule has 432 valence electrons. The molecule has 11 nitrogen and oxygen atoms in total. The van der Waals surface area contributed by atoms with Crippen molar-refractivity contribution in [2.75, 3.05) is 0 Å². The van der Waals surface area contributed by atoms with Crippen LogP contribution < -0.4 is 0 Å². The lowest BCUT2D eigenvalue weighted by Gasteiger charge is -2.37. The molecule has 0 spiro atoms. The van der Waals surface area contributed by atoms with Crippen LogP contribution in [0.4, 0.5) is 0 Å². The molecule has 3 saturated heterocycles. The number of esters is 4. The Bertz CT molecular complexity index is 2690. The van der Waals surface area contributed by atoms with Crippen molar-refractivity contribution in [2.45, 2.75) is 202 Å². The second-order valence-electron chi connectivity index (χ2n) is 24.7. The van der Waals surface area contributed by atoms with Crippen LogP contribution in [0.25, 0.3) is 0 Å². The van der Waals surface area contributed by atoms with Crippen LogP contribution in [0.3, 0.4) is 0 Å². The van der Waals surface area contributed by atoms with Gasteiger partial charge in [-0.05, 0) is 137 Å². The summed E-state index contributed by atoms with van der Waals surface area (Å²) < 4.78 is 42.8. The van der Waals surface area contributed by atoms with Gasteiger partial charge in [0, 0.05) is 22.0 Å². The highest BCUT2D eigenvalue weighted by Gasteiger charge is 2.66. The topological polar surface area (TPSA) is 143 Å². The van der Waals surface area contributed by atoms with E-state index in [0.29, 0.717) is 44.4 Å². The molecule has 80 heavy (non-hydrogen) atoms. The minimum atomic E-state index is -0.748. The van der Waals surface area contributed by atoms with Crippen LogP contribution in [-0.2, 0) is 85.2 Å². The fourth-order valence-corrected chi connectivity index (χ4v) is 13.3. The van der Waals surface area contributed by atoms with Crippen LogP contribution >= 0.6 is 34.8 Å². The molecule has 14 heteroatoms. The number of hydrogen-bond donors (Lipinski definition) is 0. The van der Waals surface area contributed by atoms with E-state index in [1.54, 1.807) is 0 Å². The summed E-state index contributed by atoms with van der Waals surface area (Å²) in [7, 11) is 0. The molecule has 2 aliphatic carbocycles. The van der Waals surface area contributed by atoms with E-state index in [0.717, 1.165) is 79.2 Å². The molecule has 4 aromatic carbocycles. The predicted molar refractivity (Wildman–Crippen MR) is 309 cm³/mol. The van der Waals surface area contributed by atoms with Crippen LogP contribution in [0.1, 0.15) is 146 Å². The van der Waals surface area contributed by atoms with Gasteiger partial charge in [-0.3, -0.25) is 19.2 Å². The number of ether oxygens (including phenoxy) is 7. The number of benzene rings is 4.